The minimum Gasteiger partial charge on any atom is -0.741 e. The number of hydrogen-bond donors (Lipinski definition) is 0. The van der Waals surface area contributed by atoms with E-state index >= 15 is 0 Å². The van der Waals surface area contributed by atoms with E-state index in [1.807, 2.05) is 79.1 Å². The predicted molar refractivity (Wildman–Crippen MR) is 140 cm³/mol. The molecule has 12 nitrogen and oxygen atoms in total. The fraction of sp³-hybridized carbons (Fsp3) is 0.500. The second-order valence-corrected chi connectivity index (χ2v) is 12.1. The second-order valence-electron chi connectivity index (χ2n) is 6.27. The fourth-order valence-electron chi connectivity index (χ4n) is 1.81. The standard InChI is InChI=1S/2C9H14O2P.2CHF3O3S.Fe.2H2O.Pd/c2*1-3-10-12(11-4-2)9-7-5-6-8-9;2*2-1(3,4)8(5,6)7;;;;/h2*5-8H,3-4H2,1-2H3;2*(H,5,6,7);;2*1H2;/q;;;;+2;;;+2/p-2. The van der Waals surface area contributed by atoms with Crippen LogP contribution >= 0.6 is 16.8 Å². The van der Waals surface area contributed by atoms with Gasteiger partial charge in [-0.2, -0.15) is 26.3 Å². The van der Waals surface area contributed by atoms with Gasteiger partial charge in [-0.1, -0.05) is 0 Å². The van der Waals surface area contributed by atoms with E-state index in [2.05, 4.69) is 0 Å². The Morgan fingerprint density at radius 2 is 0.750 bits per heavy atom. The molecule has 2 saturated carbocycles. The molecule has 0 heterocycles. The molecule has 0 bridgehead atoms. The van der Waals surface area contributed by atoms with Gasteiger partial charge in [0.15, 0.2) is 37.0 Å². The summed E-state index contributed by atoms with van der Waals surface area (Å²) in [6.45, 7) is 10.8. The molecule has 0 atom stereocenters. The first-order chi connectivity index (χ1) is 18.3. The number of rotatable bonds is 10. The molecule has 10 radical (unpaired) electrons. The Hall–Kier alpha value is 1.20. The maximum Gasteiger partial charge on any atom is 2.00 e. The van der Waals surface area contributed by atoms with Crippen molar-refractivity contribution >= 4 is 37.0 Å². The molecule has 0 amide bonds. The van der Waals surface area contributed by atoms with Crippen LogP contribution in [0, 0.1) is 62.7 Å². The number of hydrogen-bond acceptors (Lipinski definition) is 10. The maximum absolute atomic E-state index is 10.7. The van der Waals surface area contributed by atoms with Crippen molar-refractivity contribution in [2.45, 2.75) is 38.7 Å². The van der Waals surface area contributed by atoms with Crippen molar-refractivity contribution in [3.05, 3.63) is 62.7 Å². The minimum absolute atomic E-state index is 0. The van der Waals surface area contributed by atoms with Crippen LogP contribution in [0.3, 0.4) is 0 Å². The van der Waals surface area contributed by atoms with Crippen LogP contribution in [0.5, 0.6) is 0 Å². The molecule has 2 rings (SSSR count). The smallest absolute Gasteiger partial charge is 0.741 e. The van der Waals surface area contributed by atoms with Crippen molar-refractivity contribution < 1.29 is 119 Å². The van der Waals surface area contributed by atoms with E-state index in [1.165, 1.54) is 0 Å². The summed E-state index contributed by atoms with van der Waals surface area (Å²) in [5.41, 5.74) is -8.97. The fourth-order valence-corrected chi connectivity index (χ4v) is 4.33. The Morgan fingerprint density at radius 3 is 0.864 bits per heavy atom. The predicted octanol–water partition coefficient (Wildman–Crippen LogP) is 3.92. The normalized spacial score (nSPS) is 15.6. The van der Waals surface area contributed by atoms with Crippen LogP contribution in [0.4, 0.5) is 26.3 Å². The van der Waals surface area contributed by atoms with Crippen molar-refractivity contribution in [3.8, 4) is 0 Å². The van der Waals surface area contributed by atoms with Gasteiger partial charge in [0.1, 0.15) is 0 Å². The summed E-state index contributed by atoms with van der Waals surface area (Å²) in [6, 6.07) is 0. The first kappa shape index (κ1) is 57.5. The van der Waals surface area contributed by atoms with Crippen molar-refractivity contribution in [2.75, 3.05) is 26.4 Å². The van der Waals surface area contributed by atoms with Crippen LogP contribution in [0.2, 0.25) is 0 Å². The Labute approximate surface area is 282 Å². The van der Waals surface area contributed by atoms with Crippen molar-refractivity contribution in [1.82, 2.24) is 0 Å². The van der Waals surface area contributed by atoms with Gasteiger partial charge in [0, 0.05) is 0 Å². The van der Waals surface area contributed by atoms with Crippen LogP contribution in [0.25, 0.3) is 0 Å². The van der Waals surface area contributed by atoms with Gasteiger partial charge in [0.05, 0.1) is 37.7 Å². The van der Waals surface area contributed by atoms with Crippen LogP contribution in [0.15, 0.2) is 0 Å². The first-order valence-electron chi connectivity index (χ1n) is 10.9. The van der Waals surface area contributed by atoms with Crippen molar-refractivity contribution in [3.63, 3.8) is 0 Å². The topological polar surface area (TPSA) is 214 Å². The molecule has 2 aliphatic rings. The van der Waals surface area contributed by atoms with E-state index in [0.29, 0.717) is 26.4 Å². The van der Waals surface area contributed by atoms with Gasteiger partial charge in [-0.05, 0) is 79.1 Å². The third kappa shape index (κ3) is 27.2. The average Bonchev–Trinajstić information content (AvgIpc) is 3.52. The Morgan fingerprint density at radius 1 is 0.591 bits per heavy atom. The third-order valence-corrected chi connectivity index (χ3v) is 7.81. The molecule has 0 aliphatic heterocycles. The third-order valence-electron chi connectivity index (χ3n) is 3.26. The molecule has 0 aromatic rings. The van der Waals surface area contributed by atoms with Crippen molar-refractivity contribution in [2.24, 2.45) is 0 Å². The van der Waals surface area contributed by atoms with Crippen LogP contribution in [-0.2, 0) is 75.8 Å². The maximum atomic E-state index is 10.7. The monoisotopic (exact) mass is 866 g/mol. The molecule has 0 unspecified atom stereocenters. The summed E-state index contributed by atoms with van der Waals surface area (Å²) < 4.78 is 140. The molecule has 0 saturated heterocycles. The zero-order valence-electron chi connectivity index (χ0n) is 23.2. The molecule has 0 aromatic carbocycles. The van der Waals surface area contributed by atoms with E-state index < -0.39 is 48.0 Å². The molecule has 44 heavy (non-hydrogen) atoms. The molecular weight excluding hydrogens is 835 g/mol. The summed E-state index contributed by atoms with van der Waals surface area (Å²) in [5, 5.41) is 0. The summed E-state index contributed by atoms with van der Waals surface area (Å²) in [4.78, 5) is 0. The Kier molecular flexibility index (Phi) is 38.1. The summed E-state index contributed by atoms with van der Waals surface area (Å²) in [6.07, 6.45) is 16.2. The van der Waals surface area contributed by atoms with E-state index in [1.54, 1.807) is 0 Å². The van der Waals surface area contributed by atoms with Gasteiger partial charge in [-0.15, -0.1) is 0 Å². The van der Waals surface area contributed by atoms with E-state index in [0.717, 1.165) is 11.3 Å². The summed E-state index contributed by atoms with van der Waals surface area (Å²) in [7, 11) is -13.8. The Bertz CT molecular complexity index is 784. The van der Waals surface area contributed by atoms with Crippen molar-refractivity contribution in [1.29, 1.82) is 0 Å². The van der Waals surface area contributed by atoms with E-state index in [9.17, 15) is 26.3 Å². The summed E-state index contributed by atoms with van der Waals surface area (Å²) in [5.74, 6) is 0. The molecule has 0 aromatic heterocycles. The van der Waals surface area contributed by atoms with Crippen LogP contribution in [-0.4, -0.2) is 74.3 Å². The van der Waals surface area contributed by atoms with Gasteiger partial charge in [-0.25, -0.2) is 16.8 Å². The molecule has 264 valence electrons. The van der Waals surface area contributed by atoms with Gasteiger partial charge >= 0.3 is 48.5 Å². The Balaban J connectivity index is -0.000000108. The molecule has 2 aliphatic carbocycles. The largest absolute Gasteiger partial charge is 2.00 e. The average molecular weight is 867 g/mol. The second kappa shape index (κ2) is 29.1. The van der Waals surface area contributed by atoms with Crippen LogP contribution in [0.1, 0.15) is 27.7 Å². The molecule has 24 heteroatoms. The van der Waals surface area contributed by atoms with Gasteiger partial charge < -0.3 is 38.2 Å². The summed E-state index contributed by atoms with van der Waals surface area (Å²) >= 11 is 0. The first-order valence-corrected chi connectivity index (χ1v) is 16.0. The number of alkyl halides is 6. The molecule has 4 N–H and O–H groups in total. The van der Waals surface area contributed by atoms with Gasteiger partial charge in [-0.3, -0.25) is 0 Å². The quantitative estimate of drug-likeness (QED) is 0.101. The molecular formula is C20H32F6FeO12P2PdS2+2. The molecule has 0 spiro atoms. The zero-order chi connectivity index (χ0) is 31.6. The van der Waals surface area contributed by atoms with Gasteiger partial charge in [0.25, 0.3) is 0 Å². The number of halogens is 6. The SMILES string of the molecule is CCOP(OCC)[C]1[CH][CH][CH][CH]1.CCOP(OCC)[C]1[CH][CH][CH][CH]1.O.O.O=S(=O)([O-])C(F)(F)F.O=S(=O)([O-])C(F)(F)F.[Fe+2].[Pd+2]. The minimum atomic E-state index is -6.09. The van der Waals surface area contributed by atoms with Gasteiger partial charge in [0.2, 0.25) is 0 Å². The van der Waals surface area contributed by atoms with Crippen LogP contribution < -0.4 is 0 Å². The molecule has 2 fully saturated rings. The van der Waals surface area contributed by atoms with E-state index in [4.69, 9.17) is 44.0 Å². The van der Waals surface area contributed by atoms with E-state index in [-0.39, 0.29) is 48.4 Å². The zero-order valence-corrected chi connectivity index (χ0v) is 29.3.